The summed E-state index contributed by atoms with van der Waals surface area (Å²) in [7, 11) is 0. The van der Waals surface area contributed by atoms with Gasteiger partial charge in [-0.15, -0.1) is 0 Å². The number of aliphatic hydroxyl groups excluding tert-OH is 1. The normalized spacial score (nSPS) is 12.8. The SMILES string of the molecule is O=C(O)C(CO)Cc1ccc(-c2ccccc2F)c(SC(F)(F)F)c1. The molecule has 0 aliphatic carbocycles. The van der Waals surface area contributed by atoms with Gasteiger partial charge in [-0.25, -0.2) is 4.39 Å². The van der Waals surface area contributed by atoms with Crippen molar-refractivity contribution in [1.29, 1.82) is 0 Å². The molecule has 0 radical (unpaired) electrons. The number of aliphatic hydroxyl groups is 1. The summed E-state index contributed by atoms with van der Waals surface area (Å²) < 4.78 is 52.5. The molecule has 0 aromatic heterocycles. The van der Waals surface area contributed by atoms with E-state index in [9.17, 15) is 22.4 Å². The predicted octanol–water partition coefficient (Wildman–Crippen LogP) is 4.34. The summed E-state index contributed by atoms with van der Waals surface area (Å²) in [5.74, 6) is -3.02. The molecule has 2 aromatic carbocycles. The fourth-order valence-electron chi connectivity index (χ4n) is 2.32. The van der Waals surface area contributed by atoms with Crippen LogP contribution in [-0.4, -0.2) is 28.3 Å². The standard InChI is InChI=1S/C17H14F4O3S/c18-14-4-2-1-3-12(14)13-6-5-10(7-11(9-22)16(23)24)8-15(13)25-17(19,20)21/h1-6,8,11,22H,7,9H2,(H,23,24). The summed E-state index contributed by atoms with van der Waals surface area (Å²) in [5, 5.41) is 18.0. The van der Waals surface area contributed by atoms with E-state index in [0.717, 1.165) is 6.07 Å². The Morgan fingerprint density at radius 2 is 1.80 bits per heavy atom. The van der Waals surface area contributed by atoms with Gasteiger partial charge in [0.1, 0.15) is 5.82 Å². The van der Waals surface area contributed by atoms with E-state index < -0.39 is 29.8 Å². The maximum Gasteiger partial charge on any atom is 0.446 e. The van der Waals surface area contributed by atoms with Crippen LogP contribution >= 0.6 is 11.8 Å². The molecule has 0 amide bonds. The first-order chi connectivity index (χ1) is 11.7. The van der Waals surface area contributed by atoms with Crippen molar-refractivity contribution in [2.24, 2.45) is 5.92 Å². The van der Waals surface area contributed by atoms with E-state index in [0.29, 0.717) is 5.56 Å². The summed E-state index contributed by atoms with van der Waals surface area (Å²) in [4.78, 5) is 10.8. The predicted molar refractivity (Wildman–Crippen MR) is 85.7 cm³/mol. The molecule has 134 valence electrons. The van der Waals surface area contributed by atoms with E-state index >= 15 is 0 Å². The zero-order valence-corrected chi connectivity index (χ0v) is 13.6. The number of carboxylic acids is 1. The minimum Gasteiger partial charge on any atom is -0.481 e. The number of alkyl halides is 3. The van der Waals surface area contributed by atoms with Gasteiger partial charge in [0.25, 0.3) is 0 Å². The molecule has 0 heterocycles. The van der Waals surface area contributed by atoms with Gasteiger partial charge in [0.05, 0.1) is 12.5 Å². The van der Waals surface area contributed by atoms with Gasteiger partial charge in [-0.05, 0) is 41.4 Å². The van der Waals surface area contributed by atoms with E-state index in [4.69, 9.17) is 10.2 Å². The molecule has 0 bridgehead atoms. The van der Waals surface area contributed by atoms with Crippen molar-refractivity contribution in [1.82, 2.24) is 0 Å². The lowest BCUT2D eigenvalue weighted by molar-refractivity contribution is -0.143. The number of hydrogen-bond acceptors (Lipinski definition) is 3. The van der Waals surface area contributed by atoms with Crippen molar-refractivity contribution >= 4 is 17.7 Å². The van der Waals surface area contributed by atoms with Crippen molar-refractivity contribution in [3.63, 3.8) is 0 Å². The third-order valence-electron chi connectivity index (χ3n) is 3.49. The molecular formula is C17H14F4O3S. The molecule has 8 heteroatoms. The smallest absolute Gasteiger partial charge is 0.446 e. The molecule has 0 fully saturated rings. The monoisotopic (exact) mass is 374 g/mol. The lowest BCUT2D eigenvalue weighted by Crippen LogP contribution is -2.20. The number of aliphatic carboxylic acids is 1. The highest BCUT2D eigenvalue weighted by molar-refractivity contribution is 8.00. The van der Waals surface area contributed by atoms with Crippen LogP contribution in [0.15, 0.2) is 47.4 Å². The van der Waals surface area contributed by atoms with Crippen molar-refractivity contribution < 1.29 is 32.6 Å². The average Bonchev–Trinajstić information content (AvgIpc) is 2.52. The fraction of sp³-hybridized carbons (Fsp3) is 0.235. The van der Waals surface area contributed by atoms with Crippen LogP contribution in [0, 0.1) is 11.7 Å². The number of carboxylic acid groups (broad SMARTS) is 1. The summed E-state index contributed by atoms with van der Waals surface area (Å²) in [6.45, 7) is -0.633. The van der Waals surface area contributed by atoms with Gasteiger partial charge in [0.15, 0.2) is 0 Å². The molecule has 0 saturated carbocycles. The minimum absolute atomic E-state index is 0.0257. The van der Waals surface area contributed by atoms with E-state index in [-0.39, 0.29) is 34.2 Å². The summed E-state index contributed by atoms with van der Waals surface area (Å²) in [6.07, 6.45) is -0.130. The fourth-order valence-corrected chi connectivity index (χ4v) is 3.07. The van der Waals surface area contributed by atoms with Gasteiger partial charge in [-0.1, -0.05) is 30.3 Å². The Morgan fingerprint density at radius 1 is 1.12 bits per heavy atom. The van der Waals surface area contributed by atoms with Crippen LogP contribution in [0.3, 0.4) is 0 Å². The second kappa shape index (κ2) is 7.88. The summed E-state index contributed by atoms with van der Waals surface area (Å²) >= 11 is -0.388. The molecule has 1 atom stereocenters. The maximum atomic E-state index is 14.0. The highest BCUT2D eigenvalue weighted by Gasteiger charge is 2.31. The molecule has 1 unspecified atom stereocenters. The van der Waals surface area contributed by atoms with Gasteiger partial charge < -0.3 is 10.2 Å². The first-order valence-corrected chi connectivity index (χ1v) is 8.00. The van der Waals surface area contributed by atoms with Crippen LogP contribution in [0.2, 0.25) is 0 Å². The molecule has 0 spiro atoms. The van der Waals surface area contributed by atoms with Crippen LogP contribution in [-0.2, 0) is 11.2 Å². The van der Waals surface area contributed by atoms with Gasteiger partial charge in [-0.2, -0.15) is 13.2 Å². The molecule has 0 aliphatic rings. The Bertz CT molecular complexity index is 762. The Balaban J connectivity index is 2.47. The van der Waals surface area contributed by atoms with Gasteiger partial charge in [0.2, 0.25) is 0 Å². The molecule has 25 heavy (non-hydrogen) atoms. The number of benzene rings is 2. The second-order valence-corrected chi connectivity index (χ2v) is 6.39. The number of carbonyl (C=O) groups is 1. The summed E-state index contributed by atoms with van der Waals surface area (Å²) in [5.41, 5.74) is -4.17. The van der Waals surface area contributed by atoms with Crippen LogP contribution < -0.4 is 0 Å². The first-order valence-electron chi connectivity index (χ1n) is 7.18. The minimum atomic E-state index is -4.58. The van der Waals surface area contributed by atoms with Crippen LogP contribution in [0.4, 0.5) is 17.6 Å². The highest BCUT2D eigenvalue weighted by Crippen LogP contribution is 2.42. The zero-order chi connectivity index (χ0) is 18.6. The van der Waals surface area contributed by atoms with Crippen LogP contribution in [0.1, 0.15) is 5.56 Å². The number of halogens is 4. The third kappa shape index (κ3) is 5.20. The molecule has 0 saturated heterocycles. The maximum absolute atomic E-state index is 14.0. The van der Waals surface area contributed by atoms with E-state index in [1.165, 1.54) is 36.4 Å². The molecule has 3 nitrogen and oxygen atoms in total. The first kappa shape index (κ1) is 19.3. The van der Waals surface area contributed by atoms with Crippen molar-refractivity contribution in [2.45, 2.75) is 16.8 Å². The van der Waals surface area contributed by atoms with Gasteiger partial charge in [-0.3, -0.25) is 4.79 Å². The Hall–Kier alpha value is -2.06. The average molecular weight is 374 g/mol. The lowest BCUT2D eigenvalue weighted by Gasteiger charge is -2.15. The molecule has 2 N–H and O–H groups in total. The van der Waals surface area contributed by atoms with E-state index in [2.05, 4.69) is 0 Å². The molecular weight excluding hydrogens is 360 g/mol. The quantitative estimate of drug-likeness (QED) is 0.583. The lowest BCUT2D eigenvalue weighted by atomic mass is 9.97. The third-order valence-corrected chi connectivity index (χ3v) is 4.28. The van der Waals surface area contributed by atoms with Crippen molar-refractivity contribution in [3.8, 4) is 11.1 Å². The largest absolute Gasteiger partial charge is 0.481 e. The van der Waals surface area contributed by atoms with E-state index in [1.54, 1.807) is 0 Å². The molecule has 2 rings (SSSR count). The zero-order valence-electron chi connectivity index (χ0n) is 12.8. The van der Waals surface area contributed by atoms with Crippen molar-refractivity contribution in [2.75, 3.05) is 6.61 Å². The van der Waals surface area contributed by atoms with Crippen molar-refractivity contribution in [3.05, 3.63) is 53.8 Å². The number of thioether (sulfide) groups is 1. The van der Waals surface area contributed by atoms with Crippen LogP contribution in [0.25, 0.3) is 11.1 Å². The Morgan fingerprint density at radius 3 is 2.36 bits per heavy atom. The molecule has 2 aromatic rings. The van der Waals surface area contributed by atoms with Crippen LogP contribution in [0.5, 0.6) is 0 Å². The number of hydrogen-bond donors (Lipinski definition) is 2. The second-order valence-electron chi connectivity index (χ2n) is 5.28. The van der Waals surface area contributed by atoms with E-state index in [1.807, 2.05) is 0 Å². The topological polar surface area (TPSA) is 57.5 Å². The van der Waals surface area contributed by atoms with Gasteiger partial charge >= 0.3 is 11.5 Å². The summed E-state index contributed by atoms with van der Waals surface area (Å²) in [6, 6.07) is 9.43. The number of rotatable bonds is 6. The Labute approximate surface area is 145 Å². The molecule has 0 aliphatic heterocycles. The highest BCUT2D eigenvalue weighted by atomic mass is 32.2. The van der Waals surface area contributed by atoms with Gasteiger partial charge in [0, 0.05) is 10.5 Å². The Kier molecular flexibility index (Phi) is 6.07.